The number of alkyl halides is 1. The quantitative estimate of drug-likeness (QED) is 0.257. The third-order valence-electron chi connectivity index (χ3n) is 5.88. The zero-order valence-electron chi connectivity index (χ0n) is 21.3. The van der Waals surface area contributed by atoms with Crippen molar-refractivity contribution < 1.29 is 4.39 Å². The van der Waals surface area contributed by atoms with Gasteiger partial charge in [-0.05, 0) is 59.3 Å². The van der Waals surface area contributed by atoms with Gasteiger partial charge >= 0.3 is 0 Å². The van der Waals surface area contributed by atoms with Crippen LogP contribution >= 0.6 is 0 Å². The monoisotopic (exact) mass is 477 g/mol. The van der Waals surface area contributed by atoms with Crippen molar-refractivity contribution in [3.05, 3.63) is 155 Å². The molecule has 0 spiro atoms. The van der Waals surface area contributed by atoms with E-state index >= 15 is 0 Å². The standard InChI is InChI=1S/C34H36FN/c1-3-14-30(22-21-28(4-2)26-35)27-36-34(32-19-12-7-13-20-32)25-33(31-17-10-6-11-18-31)24-23-29-15-8-5-9-16-29/h4-22,24-25,36H,3,23,26-27H2,1-2H3/b22-21-,28-4+,30-14-,33-24+,34-25-. The Morgan fingerprint density at radius 2 is 1.33 bits per heavy atom. The van der Waals surface area contributed by atoms with E-state index < -0.39 is 6.67 Å². The van der Waals surface area contributed by atoms with Gasteiger partial charge in [0.1, 0.15) is 6.67 Å². The van der Waals surface area contributed by atoms with Crippen molar-refractivity contribution in [3.8, 4) is 0 Å². The first-order chi connectivity index (χ1) is 17.7. The second kappa shape index (κ2) is 15.2. The number of hydrogen-bond acceptors (Lipinski definition) is 1. The number of halogens is 1. The van der Waals surface area contributed by atoms with E-state index in [1.54, 1.807) is 0 Å². The maximum atomic E-state index is 13.2. The maximum Gasteiger partial charge on any atom is 0.114 e. The summed E-state index contributed by atoms with van der Waals surface area (Å²) in [4.78, 5) is 0. The van der Waals surface area contributed by atoms with Gasteiger partial charge in [0.25, 0.3) is 0 Å². The van der Waals surface area contributed by atoms with Crippen LogP contribution < -0.4 is 5.32 Å². The molecule has 3 aromatic rings. The van der Waals surface area contributed by atoms with E-state index in [0.29, 0.717) is 12.1 Å². The molecular formula is C34H36FN. The summed E-state index contributed by atoms with van der Waals surface area (Å²) in [5.74, 6) is 0. The summed E-state index contributed by atoms with van der Waals surface area (Å²) in [6, 6.07) is 31.4. The Balaban J connectivity index is 1.95. The molecule has 184 valence electrons. The molecule has 0 aliphatic heterocycles. The fourth-order valence-electron chi connectivity index (χ4n) is 3.83. The fourth-order valence-corrected chi connectivity index (χ4v) is 3.83. The Hall–Kier alpha value is -3.91. The molecule has 3 rings (SSSR count). The molecule has 0 unspecified atom stereocenters. The molecule has 1 N–H and O–H groups in total. The smallest absolute Gasteiger partial charge is 0.114 e. The van der Waals surface area contributed by atoms with Crippen molar-refractivity contribution in [2.24, 2.45) is 0 Å². The lowest BCUT2D eigenvalue weighted by molar-refractivity contribution is 0.549. The van der Waals surface area contributed by atoms with Gasteiger partial charge in [0, 0.05) is 12.2 Å². The summed E-state index contributed by atoms with van der Waals surface area (Å²) in [6.07, 6.45) is 14.2. The minimum Gasteiger partial charge on any atom is -0.380 e. The van der Waals surface area contributed by atoms with Gasteiger partial charge in [-0.1, -0.05) is 128 Å². The number of nitrogens with one attached hydrogen (secondary N) is 1. The van der Waals surface area contributed by atoms with Gasteiger partial charge in [0.05, 0.1) is 0 Å². The van der Waals surface area contributed by atoms with Crippen LogP contribution in [0.2, 0.25) is 0 Å². The van der Waals surface area contributed by atoms with Crippen molar-refractivity contribution in [1.82, 2.24) is 5.32 Å². The molecule has 36 heavy (non-hydrogen) atoms. The van der Waals surface area contributed by atoms with Gasteiger partial charge < -0.3 is 5.32 Å². The summed E-state index contributed by atoms with van der Waals surface area (Å²) in [5.41, 5.74) is 7.60. The molecule has 0 saturated heterocycles. The molecule has 2 heteroatoms. The lowest BCUT2D eigenvalue weighted by Crippen LogP contribution is -2.15. The molecule has 0 aliphatic rings. The highest BCUT2D eigenvalue weighted by Gasteiger charge is 2.06. The summed E-state index contributed by atoms with van der Waals surface area (Å²) >= 11 is 0. The van der Waals surface area contributed by atoms with Gasteiger partial charge in [0.15, 0.2) is 0 Å². The molecule has 0 heterocycles. The molecule has 0 amide bonds. The maximum absolute atomic E-state index is 13.2. The van der Waals surface area contributed by atoms with Gasteiger partial charge in [-0.3, -0.25) is 0 Å². The van der Waals surface area contributed by atoms with E-state index in [0.717, 1.165) is 35.2 Å². The van der Waals surface area contributed by atoms with E-state index in [1.807, 2.05) is 43.4 Å². The molecule has 0 radical (unpaired) electrons. The second-order valence-electron chi connectivity index (χ2n) is 8.51. The van der Waals surface area contributed by atoms with Crippen molar-refractivity contribution in [1.29, 1.82) is 0 Å². The fraction of sp³-hybridized carbons (Fsp3) is 0.176. The van der Waals surface area contributed by atoms with Crippen molar-refractivity contribution in [2.45, 2.75) is 26.7 Å². The topological polar surface area (TPSA) is 12.0 Å². The second-order valence-corrected chi connectivity index (χ2v) is 8.51. The number of rotatable bonds is 12. The molecule has 3 aromatic carbocycles. The average molecular weight is 478 g/mol. The van der Waals surface area contributed by atoms with Crippen LogP contribution in [0.1, 0.15) is 37.0 Å². The van der Waals surface area contributed by atoms with E-state index in [-0.39, 0.29) is 0 Å². The summed E-state index contributed by atoms with van der Waals surface area (Å²) in [6.45, 7) is 4.17. The van der Waals surface area contributed by atoms with Gasteiger partial charge in [-0.2, -0.15) is 0 Å². The highest BCUT2D eigenvalue weighted by molar-refractivity contribution is 5.83. The number of hydrogen-bond donors (Lipinski definition) is 1. The minimum absolute atomic E-state index is 0.457. The highest BCUT2D eigenvalue weighted by atomic mass is 19.1. The van der Waals surface area contributed by atoms with Gasteiger partial charge in [-0.25, -0.2) is 4.39 Å². The normalized spacial score (nSPS) is 13.3. The van der Waals surface area contributed by atoms with Crippen LogP contribution in [0.25, 0.3) is 11.3 Å². The minimum atomic E-state index is -0.457. The molecule has 0 fully saturated rings. The SMILES string of the molecule is C\C=C(/C=C\C(=C\CC)CN/C(=C\C(=C/Cc1ccccc1)c1ccccc1)c1ccccc1)CF. The third kappa shape index (κ3) is 8.70. The zero-order chi connectivity index (χ0) is 25.4. The molecule has 1 nitrogen and oxygen atoms in total. The average Bonchev–Trinajstić information content (AvgIpc) is 2.94. The lowest BCUT2D eigenvalue weighted by atomic mass is 9.99. The largest absolute Gasteiger partial charge is 0.380 e. The zero-order valence-corrected chi connectivity index (χ0v) is 21.3. The molecule has 0 aliphatic carbocycles. The van der Waals surface area contributed by atoms with Crippen LogP contribution in [-0.4, -0.2) is 13.2 Å². The van der Waals surface area contributed by atoms with Crippen LogP contribution in [0, 0.1) is 0 Å². The molecule has 0 saturated carbocycles. The van der Waals surface area contributed by atoms with Crippen LogP contribution in [0.4, 0.5) is 4.39 Å². The third-order valence-corrected chi connectivity index (χ3v) is 5.88. The summed E-state index contributed by atoms with van der Waals surface area (Å²) < 4.78 is 13.2. The van der Waals surface area contributed by atoms with Crippen molar-refractivity contribution >= 4 is 11.3 Å². The van der Waals surface area contributed by atoms with Crippen molar-refractivity contribution in [3.63, 3.8) is 0 Å². The van der Waals surface area contributed by atoms with Gasteiger partial charge in [-0.15, -0.1) is 0 Å². The Morgan fingerprint density at radius 1 is 0.750 bits per heavy atom. The van der Waals surface area contributed by atoms with Gasteiger partial charge in [0.2, 0.25) is 0 Å². The van der Waals surface area contributed by atoms with E-state index in [1.165, 1.54) is 11.1 Å². The first-order valence-electron chi connectivity index (χ1n) is 12.6. The Kier molecular flexibility index (Phi) is 11.2. The predicted octanol–water partition coefficient (Wildman–Crippen LogP) is 8.75. The van der Waals surface area contributed by atoms with Crippen molar-refractivity contribution in [2.75, 3.05) is 13.2 Å². The van der Waals surface area contributed by atoms with Crippen LogP contribution in [-0.2, 0) is 6.42 Å². The molecular weight excluding hydrogens is 441 g/mol. The van der Waals surface area contributed by atoms with Crippen LogP contribution in [0.3, 0.4) is 0 Å². The Labute approximate surface area is 216 Å². The Bertz CT molecular complexity index is 1200. The van der Waals surface area contributed by atoms with E-state index in [2.05, 4.69) is 103 Å². The number of allylic oxidation sites excluding steroid dienone is 7. The Morgan fingerprint density at radius 3 is 1.92 bits per heavy atom. The number of benzene rings is 3. The van der Waals surface area contributed by atoms with Crippen LogP contribution in [0.5, 0.6) is 0 Å². The van der Waals surface area contributed by atoms with E-state index in [9.17, 15) is 4.39 Å². The summed E-state index contributed by atoms with van der Waals surface area (Å²) in [7, 11) is 0. The first-order valence-corrected chi connectivity index (χ1v) is 12.6. The molecule has 0 bridgehead atoms. The molecule has 0 aromatic heterocycles. The summed E-state index contributed by atoms with van der Waals surface area (Å²) in [5, 5.41) is 3.67. The first kappa shape index (κ1) is 26.7. The lowest BCUT2D eigenvalue weighted by Gasteiger charge is -2.14. The molecule has 0 atom stereocenters. The highest BCUT2D eigenvalue weighted by Crippen LogP contribution is 2.22. The predicted molar refractivity (Wildman–Crippen MR) is 154 cm³/mol. The van der Waals surface area contributed by atoms with Crippen LogP contribution in [0.15, 0.2) is 139 Å². The van der Waals surface area contributed by atoms with E-state index in [4.69, 9.17) is 0 Å².